The van der Waals surface area contributed by atoms with Gasteiger partial charge in [-0.05, 0) is 31.0 Å². The third-order valence-corrected chi connectivity index (χ3v) is 3.41. The Morgan fingerprint density at radius 2 is 1.76 bits per heavy atom. The minimum atomic E-state index is -0.600. The van der Waals surface area contributed by atoms with E-state index in [1.807, 2.05) is 38.1 Å². The lowest BCUT2D eigenvalue weighted by Crippen LogP contribution is -2.31. The van der Waals surface area contributed by atoms with Crippen molar-refractivity contribution in [1.29, 1.82) is 0 Å². The predicted octanol–water partition coefficient (Wildman–Crippen LogP) is 4.13. The Bertz CT molecular complexity index is 598. The van der Waals surface area contributed by atoms with Crippen molar-refractivity contribution < 1.29 is 13.5 Å². The largest absolute Gasteiger partial charge is 0.481 e. The van der Waals surface area contributed by atoms with Gasteiger partial charge in [0.25, 0.3) is 0 Å². The average Bonchev–Trinajstić information content (AvgIpc) is 2.48. The van der Waals surface area contributed by atoms with Gasteiger partial charge in [0.1, 0.15) is 11.9 Å². The molecule has 21 heavy (non-hydrogen) atoms. The first-order chi connectivity index (χ1) is 10.0. The predicted molar refractivity (Wildman–Crippen MR) is 79.2 cm³/mol. The van der Waals surface area contributed by atoms with Gasteiger partial charge in [0, 0.05) is 12.1 Å². The standard InChI is InChI=1S/C17H19F2NO/c1-3-15(20)17(12-6-4-11(2)5-7-12)21-16-10-13(18)8-9-14(16)19/h4-10,15,17H,3,20H2,1-2H3. The van der Waals surface area contributed by atoms with Crippen molar-refractivity contribution in [3.8, 4) is 5.75 Å². The summed E-state index contributed by atoms with van der Waals surface area (Å²) < 4.78 is 32.7. The summed E-state index contributed by atoms with van der Waals surface area (Å²) in [4.78, 5) is 0. The fraction of sp³-hybridized carbons (Fsp3) is 0.294. The zero-order valence-electron chi connectivity index (χ0n) is 12.1. The highest BCUT2D eigenvalue weighted by Gasteiger charge is 2.22. The number of benzene rings is 2. The van der Waals surface area contributed by atoms with E-state index in [9.17, 15) is 8.78 Å². The van der Waals surface area contributed by atoms with Crippen molar-refractivity contribution in [2.24, 2.45) is 5.73 Å². The molecule has 0 aliphatic carbocycles. The van der Waals surface area contributed by atoms with E-state index >= 15 is 0 Å². The molecule has 2 unspecified atom stereocenters. The van der Waals surface area contributed by atoms with Crippen molar-refractivity contribution in [3.63, 3.8) is 0 Å². The van der Waals surface area contributed by atoms with Crippen LogP contribution < -0.4 is 10.5 Å². The minimum absolute atomic E-state index is 0.121. The van der Waals surface area contributed by atoms with Crippen LogP contribution >= 0.6 is 0 Å². The van der Waals surface area contributed by atoms with Crippen LogP contribution in [0.3, 0.4) is 0 Å². The second kappa shape index (κ2) is 6.68. The average molecular weight is 291 g/mol. The van der Waals surface area contributed by atoms with Gasteiger partial charge in [-0.25, -0.2) is 8.78 Å². The second-order valence-corrected chi connectivity index (χ2v) is 5.10. The summed E-state index contributed by atoms with van der Waals surface area (Å²) in [5.41, 5.74) is 8.04. The Labute approximate surface area is 123 Å². The van der Waals surface area contributed by atoms with Crippen LogP contribution in [0.2, 0.25) is 0 Å². The summed E-state index contributed by atoms with van der Waals surface area (Å²) in [5.74, 6) is -1.26. The van der Waals surface area contributed by atoms with Crippen molar-refractivity contribution in [3.05, 3.63) is 65.2 Å². The Balaban J connectivity index is 2.32. The molecule has 0 aliphatic rings. The Morgan fingerprint density at radius 3 is 2.38 bits per heavy atom. The molecule has 0 saturated heterocycles. The van der Waals surface area contributed by atoms with Gasteiger partial charge in [0.2, 0.25) is 0 Å². The molecule has 0 aliphatic heterocycles. The zero-order valence-corrected chi connectivity index (χ0v) is 12.1. The molecule has 2 aromatic rings. The number of halogens is 2. The van der Waals surface area contributed by atoms with Crippen molar-refractivity contribution >= 4 is 0 Å². The SMILES string of the molecule is CCC(N)C(Oc1cc(F)ccc1F)c1ccc(C)cc1. The molecule has 0 spiro atoms. The molecule has 0 saturated carbocycles. The third-order valence-electron chi connectivity index (χ3n) is 3.41. The Hall–Kier alpha value is -1.94. The highest BCUT2D eigenvalue weighted by Crippen LogP contribution is 2.28. The molecule has 4 heteroatoms. The summed E-state index contributed by atoms with van der Waals surface area (Å²) in [5, 5.41) is 0. The lowest BCUT2D eigenvalue weighted by molar-refractivity contribution is 0.163. The summed E-state index contributed by atoms with van der Waals surface area (Å²) in [6, 6.07) is 10.5. The van der Waals surface area contributed by atoms with Crippen LogP contribution in [-0.2, 0) is 0 Å². The number of aryl methyl sites for hydroxylation is 1. The monoisotopic (exact) mass is 291 g/mol. The molecule has 2 atom stereocenters. The van der Waals surface area contributed by atoms with Gasteiger partial charge in [-0.15, -0.1) is 0 Å². The van der Waals surface area contributed by atoms with E-state index in [4.69, 9.17) is 10.5 Å². The summed E-state index contributed by atoms with van der Waals surface area (Å²) in [7, 11) is 0. The Kier molecular flexibility index (Phi) is 4.91. The summed E-state index contributed by atoms with van der Waals surface area (Å²) in [6.45, 7) is 3.91. The molecule has 2 nitrogen and oxygen atoms in total. The Morgan fingerprint density at radius 1 is 1.10 bits per heavy atom. The van der Waals surface area contributed by atoms with Crippen LogP contribution in [0.5, 0.6) is 5.75 Å². The molecule has 0 bridgehead atoms. The molecule has 0 radical (unpaired) electrons. The van der Waals surface area contributed by atoms with Crippen LogP contribution in [0.25, 0.3) is 0 Å². The van der Waals surface area contributed by atoms with E-state index in [-0.39, 0.29) is 11.8 Å². The van der Waals surface area contributed by atoms with E-state index < -0.39 is 17.7 Å². The molecule has 2 rings (SSSR count). The molecule has 112 valence electrons. The molecule has 0 amide bonds. The maximum atomic E-state index is 13.7. The summed E-state index contributed by atoms with van der Waals surface area (Å²) >= 11 is 0. The number of ether oxygens (including phenoxy) is 1. The molecule has 2 N–H and O–H groups in total. The highest BCUT2D eigenvalue weighted by atomic mass is 19.1. The van der Waals surface area contributed by atoms with Crippen molar-refractivity contribution in [2.75, 3.05) is 0 Å². The van der Waals surface area contributed by atoms with Gasteiger partial charge < -0.3 is 10.5 Å². The molecular weight excluding hydrogens is 272 g/mol. The van der Waals surface area contributed by atoms with Gasteiger partial charge in [-0.3, -0.25) is 0 Å². The fourth-order valence-electron chi connectivity index (χ4n) is 2.08. The van der Waals surface area contributed by atoms with E-state index in [0.717, 1.165) is 29.3 Å². The minimum Gasteiger partial charge on any atom is -0.481 e. The van der Waals surface area contributed by atoms with Gasteiger partial charge in [-0.2, -0.15) is 0 Å². The highest BCUT2D eigenvalue weighted by molar-refractivity contribution is 5.29. The summed E-state index contributed by atoms with van der Waals surface area (Å²) in [6.07, 6.45) is 0.141. The molecule has 0 aromatic heterocycles. The van der Waals surface area contributed by atoms with Crippen molar-refractivity contribution in [1.82, 2.24) is 0 Å². The van der Waals surface area contributed by atoms with Gasteiger partial charge in [0.05, 0.1) is 0 Å². The molecule has 0 heterocycles. The number of hydrogen-bond acceptors (Lipinski definition) is 2. The third kappa shape index (κ3) is 3.79. The van der Waals surface area contributed by atoms with Crippen LogP contribution in [0, 0.1) is 18.6 Å². The molecule has 2 aromatic carbocycles. The van der Waals surface area contributed by atoms with E-state index in [1.165, 1.54) is 0 Å². The number of rotatable bonds is 5. The normalized spacial score (nSPS) is 13.8. The second-order valence-electron chi connectivity index (χ2n) is 5.10. The van der Waals surface area contributed by atoms with Gasteiger partial charge >= 0.3 is 0 Å². The fourth-order valence-corrected chi connectivity index (χ4v) is 2.08. The first-order valence-electron chi connectivity index (χ1n) is 6.95. The maximum absolute atomic E-state index is 13.7. The van der Waals surface area contributed by atoms with E-state index in [2.05, 4.69) is 0 Å². The topological polar surface area (TPSA) is 35.2 Å². The van der Waals surface area contributed by atoms with Gasteiger partial charge in [0.15, 0.2) is 11.6 Å². The van der Waals surface area contributed by atoms with E-state index in [0.29, 0.717) is 6.42 Å². The first-order valence-corrected chi connectivity index (χ1v) is 6.95. The van der Waals surface area contributed by atoms with Gasteiger partial charge in [-0.1, -0.05) is 36.8 Å². The smallest absolute Gasteiger partial charge is 0.165 e. The molecule has 0 fully saturated rings. The maximum Gasteiger partial charge on any atom is 0.165 e. The van der Waals surface area contributed by atoms with Crippen LogP contribution in [0.4, 0.5) is 8.78 Å². The number of hydrogen-bond donors (Lipinski definition) is 1. The molecular formula is C17H19F2NO. The number of nitrogens with two attached hydrogens (primary N) is 1. The lowest BCUT2D eigenvalue weighted by Gasteiger charge is -2.25. The van der Waals surface area contributed by atoms with Crippen LogP contribution in [0.15, 0.2) is 42.5 Å². The van der Waals surface area contributed by atoms with E-state index in [1.54, 1.807) is 0 Å². The van der Waals surface area contributed by atoms with Crippen LogP contribution in [0.1, 0.15) is 30.6 Å². The van der Waals surface area contributed by atoms with Crippen LogP contribution in [-0.4, -0.2) is 6.04 Å². The zero-order chi connectivity index (χ0) is 15.4. The van der Waals surface area contributed by atoms with Crippen molar-refractivity contribution in [2.45, 2.75) is 32.4 Å². The quantitative estimate of drug-likeness (QED) is 0.899. The lowest BCUT2D eigenvalue weighted by atomic mass is 10.00. The first kappa shape index (κ1) is 15.4.